The largest absolute Gasteiger partial charge is 0.508 e. The molecule has 1 aromatic heterocycles. The van der Waals surface area contributed by atoms with Crippen LogP contribution in [-0.4, -0.2) is 26.2 Å². The third-order valence-corrected chi connectivity index (χ3v) is 3.92. The van der Waals surface area contributed by atoms with Crippen LogP contribution < -0.4 is 11.0 Å². The summed E-state index contributed by atoms with van der Waals surface area (Å²) in [6.07, 6.45) is 0.150. The molecule has 2 aromatic carbocycles. The van der Waals surface area contributed by atoms with E-state index in [0.29, 0.717) is 17.1 Å². The zero-order valence-electron chi connectivity index (χ0n) is 13.9. The number of nitrogens with one attached hydrogen (secondary N) is 3. The number of carbonyl (C=O) groups excluding carboxylic acids is 1. The first-order valence-corrected chi connectivity index (χ1v) is 7.76. The van der Waals surface area contributed by atoms with Crippen LogP contribution in [-0.2, 0) is 11.2 Å². The van der Waals surface area contributed by atoms with E-state index in [1.165, 1.54) is 0 Å². The van der Waals surface area contributed by atoms with E-state index in [1.807, 2.05) is 25.1 Å². The van der Waals surface area contributed by atoms with Gasteiger partial charge in [-0.3, -0.25) is 9.78 Å². The van der Waals surface area contributed by atoms with Gasteiger partial charge < -0.3 is 10.4 Å². The van der Waals surface area contributed by atoms with E-state index in [0.717, 1.165) is 16.7 Å². The van der Waals surface area contributed by atoms with Crippen LogP contribution in [0.2, 0.25) is 0 Å². The second kappa shape index (κ2) is 6.64. The van der Waals surface area contributed by atoms with Crippen molar-refractivity contribution in [3.8, 4) is 17.1 Å². The topological polar surface area (TPSA) is 111 Å². The highest BCUT2D eigenvalue weighted by Crippen LogP contribution is 2.23. The molecule has 0 aliphatic heterocycles. The van der Waals surface area contributed by atoms with Crippen molar-refractivity contribution in [2.24, 2.45) is 0 Å². The summed E-state index contributed by atoms with van der Waals surface area (Å²) in [4.78, 5) is 26.1. The normalized spacial score (nSPS) is 10.6. The first-order valence-electron chi connectivity index (χ1n) is 7.76. The fraction of sp³-hybridized carbons (Fsp3) is 0.167. The Morgan fingerprint density at radius 2 is 1.92 bits per heavy atom. The standard InChI is InChI=1S/C18H18N4O3/c1-10-4-6-13(17-20-18(25)22-21-17)9-14(10)19-16(24)8-12-5-3-11(2)15(23)7-12/h3-7,9,23H,8H2,1-2H3,(H,19,24)(H2,20,21,22,25). The number of aromatic amines is 2. The van der Waals surface area contributed by atoms with Gasteiger partial charge in [0.1, 0.15) is 5.75 Å². The Morgan fingerprint density at radius 1 is 1.16 bits per heavy atom. The number of H-pyrrole nitrogens is 2. The number of amides is 1. The number of phenols is 1. The molecule has 4 N–H and O–H groups in total. The molecule has 0 aliphatic rings. The second-order valence-corrected chi connectivity index (χ2v) is 5.90. The molecule has 0 saturated carbocycles. The predicted octanol–water partition coefficient (Wildman–Crippen LogP) is 2.27. The van der Waals surface area contributed by atoms with E-state index >= 15 is 0 Å². The Balaban J connectivity index is 1.78. The molecular weight excluding hydrogens is 320 g/mol. The summed E-state index contributed by atoms with van der Waals surface area (Å²) in [7, 11) is 0. The van der Waals surface area contributed by atoms with E-state index in [2.05, 4.69) is 20.5 Å². The van der Waals surface area contributed by atoms with Gasteiger partial charge in [-0.2, -0.15) is 5.10 Å². The summed E-state index contributed by atoms with van der Waals surface area (Å²) in [6.45, 7) is 3.68. The minimum absolute atomic E-state index is 0.150. The van der Waals surface area contributed by atoms with E-state index in [4.69, 9.17) is 0 Å². The predicted molar refractivity (Wildman–Crippen MR) is 94.6 cm³/mol. The molecule has 0 fully saturated rings. The van der Waals surface area contributed by atoms with Crippen molar-refractivity contribution in [3.05, 3.63) is 63.6 Å². The molecule has 3 rings (SSSR count). The lowest BCUT2D eigenvalue weighted by molar-refractivity contribution is -0.115. The zero-order chi connectivity index (χ0) is 18.0. The molecule has 7 nitrogen and oxygen atoms in total. The maximum atomic E-state index is 12.3. The lowest BCUT2D eigenvalue weighted by atomic mass is 10.1. The van der Waals surface area contributed by atoms with Gasteiger partial charge in [-0.1, -0.05) is 24.3 Å². The van der Waals surface area contributed by atoms with E-state index in [9.17, 15) is 14.7 Å². The van der Waals surface area contributed by atoms with Gasteiger partial charge in [-0.05, 0) is 42.7 Å². The summed E-state index contributed by atoms with van der Waals surface area (Å²) in [6, 6.07) is 10.6. The molecule has 1 heterocycles. The number of aryl methyl sites for hydroxylation is 2. The highest BCUT2D eigenvalue weighted by molar-refractivity contribution is 5.93. The zero-order valence-corrected chi connectivity index (χ0v) is 13.9. The number of benzene rings is 2. The van der Waals surface area contributed by atoms with Crippen LogP contribution in [0.15, 0.2) is 41.2 Å². The first kappa shape index (κ1) is 16.5. The molecule has 0 bridgehead atoms. The minimum atomic E-state index is -0.389. The molecule has 0 unspecified atom stereocenters. The van der Waals surface area contributed by atoms with Gasteiger partial charge in [0.25, 0.3) is 0 Å². The lowest BCUT2D eigenvalue weighted by Crippen LogP contribution is -2.15. The molecule has 0 spiro atoms. The Labute approximate surface area is 143 Å². The van der Waals surface area contributed by atoms with Crippen molar-refractivity contribution < 1.29 is 9.90 Å². The minimum Gasteiger partial charge on any atom is -0.508 e. The second-order valence-electron chi connectivity index (χ2n) is 5.90. The maximum Gasteiger partial charge on any atom is 0.340 e. The van der Waals surface area contributed by atoms with Gasteiger partial charge in [0.15, 0.2) is 5.82 Å². The Morgan fingerprint density at radius 3 is 2.60 bits per heavy atom. The third kappa shape index (κ3) is 3.77. The molecule has 0 saturated heterocycles. The van der Waals surface area contributed by atoms with Crippen LogP contribution in [0.3, 0.4) is 0 Å². The van der Waals surface area contributed by atoms with Crippen LogP contribution in [0.1, 0.15) is 16.7 Å². The van der Waals surface area contributed by atoms with Crippen molar-refractivity contribution in [2.75, 3.05) is 5.32 Å². The number of aromatic nitrogens is 3. The monoisotopic (exact) mass is 338 g/mol. The van der Waals surface area contributed by atoms with Crippen LogP contribution >= 0.6 is 0 Å². The fourth-order valence-electron chi connectivity index (χ4n) is 2.46. The summed E-state index contributed by atoms with van der Waals surface area (Å²) >= 11 is 0. The average Bonchev–Trinajstić information content (AvgIpc) is 2.99. The Hall–Kier alpha value is -3.35. The van der Waals surface area contributed by atoms with Crippen LogP contribution in [0, 0.1) is 13.8 Å². The van der Waals surface area contributed by atoms with Crippen molar-refractivity contribution in [3.63, 3.8) is 0 Å². The van der Waals surface area contributed by atoms with Gasteiger partial charge in [0.05, 0.1) is 6.42 Å². The number of rotatable bonds is 4. The van der Waals surface area contributed by atoms with Gasteiger partial charge >= 0.3 is 5.69 Å². The van der Waals surface area contributed by atoms with Gasteiger partial charge in [0.2, 0.25) is 5.91 Å². The molecule has 3 aromatic rings. The number of phenolic OH excluding ortho intramolecular Hbond substituents is 1. The van der Waals surface area contributed by atoms with E-state index in [-0.39, 0.29) is 23.8 Å². The maximum absolute atomic E-state index is 12.3. The molecule has 0 atom stereocenters. The Kier molecular flexibility index (Phi) is 4.38. The summed E-state index contributed by atoms with van der Waals surface area (Å²) in [5.74, 6) is 0.383. The molecule has 0 aliphatic carbocycles. The van der Waals surface area contributed by atoms with Crippen LogP contribution in [0.25, 0.3) is 11.4 Å². The summed E-state index contributed by atoms with van der Waals surface area (Å²) in [5, 5.41) is 18.8. The number of aromatic hydroxyl groups is 1. The van der Waals surface area contributed by atoms with Gasteiger partial charge in [-0.25, -0.2) is 9.89 Å². The third-order valence-electron chi connectivity index (χ3n) is 3.92. The van der Waals surface area contributed by atoms with Crippen molar-refractivity contribution in [1.29, 1.82) is 0 Å². The number of hydrogen-bond donors (Lipinski definition) is 4. The molecule has 0 radical (unpaired) electrons. The fourth-order valence-corrected chi connectivity index (χ4v) is 2.46. The highest BCUT2D eigenvalue weighted by atomic mass is 16.3. The number of nitrogens with zero attached hydrogens (tertiary/aromatic N) is 1. The van der Waals surface area contributed by atoms with Crippen LogP contribution in [0.5, 0.6) is 5.75 Å². The van der Waals surface area contributed by atoms with Crippen molar-refractivity contribution in [2.45, 2.75) is 20.3 Å². The van der Waals surface area contributed by atoms with Crippen molar-refractivity contribution >= 4 is 11.6 Å². The molecule has 128 valence electrons. The van der Waals surface area contributed by atoms with Gasteiger partial charge in [0, 0.05) is 11.3 Å². The summed E-state index contributed by atoms with van der Waals surface area (Å²) in [5.41, 5.74) is 3.32. The number of hydrogen-bond acceptors (Lipinski definition) is 4. The SMILES string of the molecule is Cc1ccc(CC(=O)Nc2cc(-c3n[nH]c(=O)[nH]3)ccc2C)cc1O. The lowest BCUT2D eigenvalue weighted by Gasteiger charge is -2.10. The van der Waals surface area contributed by atoms with Crippen LogP contribution in [0.4, 0.5) is 5.69 Å². The van der Waals surface area contributed by atoms with E-state index in [1.54, 1.807) is 25.1 Å². The molecule has 7 heteroatoms. The molecule has 25 heavy (non-hydrogen) atoms. The molecular formula is C18H18N4O3. The van der Waals surface area contributed by atoms with E-state index < -0.39 is 0 Å². The first-order chi connectivity index (χ1) is 11.9. The average molecular weight is 338 g/mol. The van der Waals surface area contributed by atoms with Gasteiger partial charge in [-0.15, -0.1) is 0 Å². The quantitative estimate of drug-likeness (QED) is 0.585. The highest BCUT2D eigenvalue weighted by Gasteiger charge is 2.10. The summed E-state index contributed by atoms with van der Waals surface area (Å²) < 4.78 is 0. The number of anilines is 1. The van der Waals surface area contributed by atoms with Crippen molar-refractivity contribution in [1.82, 2.24) is 15.2 Å². The Bertz CT molecular complexity index is 988. The molecule has 1 amide bonds. The smallest absolute Gasteiger partial charge is 0.340 e. The number of carbonyl (C=O) groups is 1.